The van der Waals surface area contributed by atoms with Crippen molar-refractivity contribution in [3.63, 3.8) is 0 Å². The van der Waals surface area contributed by atoms with E-state index in [1.165, 1.54) is 11.8 Å². The third kappa shape index (κ3) is 5.40. The summed E-state index contributed by atoms with van der Waals surface area (Å²) in [6.45, 7) is 3.86. The maximum absolute atomic E-state index is 11.1. The Morgan fingerprint density at radius 1 is 1.28 bits per heavy atom. The third-order valence-electron chi connectivity index (χ3n) is 2.89. The van der Waals surface area contributed by atoms with Crippen LogP contribution in [-0.2, 0) is 10.1 Å². The molecule has 1 saturated heterocycles. The van der Waals surface area contributed by atoms with E-state index in [0.29, 0.717) is 32.7 Å². The number of aliphatic hydroxyl groups excluding tert-OH is 2. The van der Waals surface area contributed by atoms with Gasteiger partial charge in [-0.15, -0.1) is 0 Å². The summed E-state index contributed by atoms with van der Waals surface area (Å²) >= 11 is 0. The fraction of sp³-hybridized carbons (Fsp3) is 1.00. The normalized spacial score (nSPS) is 22.2. The monoisotopic (exact) mass is 290 g/mol. The molecule has 0 radical (unpaired) electrons. The van der Waals surface area contributed by atoms with Crippen LogP contribution in [0.3, 0.4) is 0 Å². The van der Waals surface area contributed by atoms with Crippen molar-refractivity contribution < 1.29 is 52.7 Å². The summed E-state index contributed by atoms with van der Waals surface area (Å²) in [5.74, 6) is 0. The predicted octanol–water partition coefficient (Wildman–Crippen LogP) is -5.15. The first-order valence-corrected chi connectivity index (χ1v) is 7.03. The van der Waals surface area contributed by atoms with Gasteiger partial charge in [0.1, 0.15) is 15.5 Å². The van der Waals surface area contributed by atoms with E-state index in [0.717, 1.165) is 0 Å². The van der Waals surface area contributed by atoms with Gasteiger partial charge in [0, 0.05) is 32.7 Å². The van der Waals surface area contributed by atoms with Gasteiger partial charge in [0.2, 0.25) is 0 Å². The number of rotatable bonds is 5. The van der Waals surface area contributed by atoms with Gasteiger partial charge in [-0.25, -0.2) is 8.42 Å². The smallest absolute Gasteiger partial charge is 0.747 e. The van der Waals surface area contributed by atoms with E-state index < -0.39 is 21.6 Å². The minimum Gasteiger partial charge on any atom is -0.747 e. The van der Waals surface area contributed by atoms with Gasteiger partial charge in [0.05, 0.1) is 12.7 Å². The van der Waals surface area contributed by atoms with Crippen molar-refractivity contribution in [1.82, 2.24) is 9.80 Å². The van der Waals surface area contributed by atoms with E-state index in [-0.39, 0.29) is 36.2 Å². The van der Waals surface area contributed by atoms with Crippen molar-refractivity contribution in [1.29, 1.82) is 0 Å². The van der Waals surface area contributed by atoms with Crippen molar-refractivity contribution in [3.05, 3.63) is 0 Å². The summed E-state index contributed by atoms with van der Waals surface area (Å²) in [7, 11) is -4.54. The number of β-amino-alcohol motifs (C(OH)–C–C–N with tert-alkyl or cyclic N) is 1. The topological polar surface area (TPSA) is 104 Å². The van der Waals surface area contributed by atoms with Crippen LogP contribution in [0.15, 0.2) is 0 Å². The molecule has 1 heterocycles. The Kier molecular flexibility index (Phi) is 8.47. The molecule has 2 atom stereocenters. The zero-order valence-corrected chi connectivity index (χ0v) is 13.6. The Balaban J connectivity index is 0.00000289. The van der Waals surface area contributed by atoms with Crippen LogP contribution in [0.5, 0.6) is 0 Å². The second-order valence-corrected chi connectivity index (χ2v) is 5.69. The molecule has 1 aliphatic rings. The van der Waals surface area contributed by atoms with Gasteiger partial charge in [0.15, 0.2) is 0 Å². The first-order valence-electron chi connectivity index (χ1n) is 5.56. The number of hydrogen-bond donors (Lipinski definition) is 2. The molecule has 0 saturated carbocycles. The van der Waals surface area contributed by atoms with Gasteiger partial charge in [-0.1, -0.05) is 0 Å². The van der Waals surface area contributed by atoms with E-state index in [4.69, 9.17) is 5.11 Å². The molecule has 2 N–H and O–H groups in total. The molecule has 18 heavy (non-hydrogen) atoms. The summed E-state index contributed by atoms with van der Waals surface area (Å²) < 4.78 is 33.2. The Hall–Kier alpha value is 0.750. The van der Waals surface area contributed by atoms with Crippen molar-refractivity contribution in [2.24, 2.45) is 0 Å². The summed E-state index contributed by atoms with van der Waals surface area (Å²) in [5, 5.41) is 16.8. The molecule has 1 fully saturated rings. The Morgan fingerprint density at radius 3 is 2.11 bits per heavy atom. The van der Waals surface area contributed by atoms with Gasteiger partial charge in [-0.05, 0) is 6.92 Å². The second-order valence-electron chi connectivity index (χ2n) is 4.23. The molecule has 0 bridgehead atoms. The van der Waals surface area contributed by atoms with Gasteiger partial charge < -0.3 is 14.8 Å². The molecule has 0 aliphatic carbocycles. The first kappa shape index (κ1) is 18.8. The van der Waals surface area contributed by atoms with Crippen molar-refractivity contribution in [3.8, 4) is 0 Å². The van der Waals surface area contributed by atoms with E-state index in [9.17, 15) is 18.1 Å². The van der Waals surface area contributed by atoms with Crippen LogP contribution in [0.2, 0.25) is 0 Å². The SMILES string of the molecule is CC(O)C(N1CCN(CCO)CC1)S(=O)(=O)[O-].[Na+]. The number of hydrogen-bond acceptors (Lipinski definition) is 7. The molecule has 102 valence electrons. The van der Waals surface area contributed by atoms with Crippen LogP contribution < -0.4 is 29.6 Å². The maximum atomic E-state index is 11.1. The average Bonchev–Trinajstić information content (AvgIpc) is 2.18. The number of nitrogens with zero attached hydrogens (tertiary/aromatic N) is 2. The summed E-state index contributed by atoms with van der Waals surface area (Å²) in [6, 6.07) is 0. The Labute approximate surface area is 130 Å². The van der Waals surface area contributed by atoms with E-state index in [1.54, 1.807) is 0 Å². The molecule has 9 heteroatoms. The maximum Gasteiger partial charge on any atom is 1.00 e. The van der Waals surface area contributed by atoms with Gasteiger partial charge in [-0.2, -0.15) is 0 Å². The van der Waals surface area contributed by atoms with Gasteiger partial charge in [-0.3, -0.25) is 9.80 Å². The molecule has 1 rings (SSSR count). The average molecular weight is 290 g/mol. The summed E-state index contributed by atoms with van der Waals surface area (Å²) in [6.07, 6.45) is -1.21. The summed E-state index contributed by atoms with van der Waals surface area (Å²) in [5.41, 5.74) is 0. The fourth-order valence-corrected chi connectivity index (χ4v) is 3.17. The molecule has 1 aliphatic heterocycles. The van der Waals surface area contributed by atoms with Gasteiger partial charge in [0.25, 0.3) is 0 Å². The molecule has 0 aromatic carbocycles. The molecule has 7 nitrogen and oxygen atoms in total. The van der Waals surface area contributed by atoms with Crippen LogP contribution >= 0.6 is 0 Å². The standard InChI is InChI=1S/C9H20N2O5S.Na/c1-8(13)9(17(14,15)16)11-4-2-10(3-5-11)6-7-12;/h8-9,12-13H,2-7H2,1H3,(H,14,15,16);/q;+1/p-1. The largest absolute Gasteiger partial charge is 1.00 e. The quantitative estimate of drug-likeness (QED) is 0.385. The molecule has 0 amide bonds. The zero-order valence-electron chi connectivity index (χ0n) is 10.8. The minimum absolute atomic E-state index is 0. The molecule has 0 aromatic heterocycles. The van der Waals surface area contributed by atoms with E-state index >= 15 is 0 Å². The minimum atomic E-state index is -4.54. The Morgan fingerprint density at radius 2 is 1.78 bits per heavy atom. The molecule has 0 spiro atoms. The van der Waals surface area contributed by atoms with Crippen molar-refractivity contribution >= 4 is 10.1 Å². The first-order chi connectivity index (χ1) is 7.86. The van der Waals surface area contributed by atoms with E-state index in [1.807, 2.05) is 4.90 Å². The van der Waals surface area contributed by atoms with Crippen molar-refractivity contribution in [2.75, 3.05) is 39.3 Å². The van der Waals surface area contributed by atoms with E-state index in [2.05, 4.69) is 0 Å². The number of aliphatic hydroxyl groups is 2. The van der Waals surface area contributed by atoms with Crippen molar-refractivity contribution in [2.45, 2.75) is 18.4 Å². The number of piperazine rings is 1. The van der Waals surface area contributed by atoms with Crippen LogP contribution in [0.1, 0.15) is 6.92 Å². The predicted molar refractivity (Wildman–Crippen MR) is 60.3 cm³/mol. The second kappa shape index (κ2) is 8.13. The molecular formula is C9H19N2NaO5S. The zero-order chi connectivity index (χ0) is 13.1. The third-order valence-corrected chi connectivity index (χ3v) is 4.18. The molecule has 2 unspecified atom stereocenters. The van der Waals surface area contributed by atoms with Crippen LogP contribution in [0.4, 0.5) is 0 Å². The summed E-state index contributed by atoms with van der Waals surface area (Å²) in [4.78, 5) is 3.47. The van der Waals surface area contributed by atoms with Crippen LogP contribution in [0, 0.1) is 0 Å². The fourth-order valence-electron chi connectivity index (χ4n) is 2.11. The van der Waals surface area contributed by atoms with Crippen LogP contribution in [-0.4, -0.2) is 83.8 Å². The van der Waals surface area contributed by atoms with Crippen LogP contribution in [0.25, 0.3) is 0 Å². The molecule has 0 aromatic rings. The van der Waals surface area contributed by atoms with Gasteiger partial charge >= 0.3 is 29.6 Å². The molecular weight excluding hydrogens is 271 g/mol. The Bertz CT molecular complexity index is 330.